The Morgan fingerprint density at radius 3 is 1.82 bits per heavy atom. The van der Waals surface area contributed by atoms with Crippen molar-refractivity contribution >= 4 is 29.7 Å². The van der Waals surface area contributed by atoms with Crippen molar-refractivity contribution in [1.82, 2.24) is 16.0 Å². The summed E-state index contributed by atoms with van der Waals surface area (Å²) in [5, 5.41) is 25.7. The monoisotopic (exact) mass is 473 g/mol. The van der Waals surface area contributed by atoms with Gasteiger partial charge in [0.2, 0.25) is 17.7 Å². The van der Waals surface area contributed by atoms with E-state index in [1.807, 2.05) is 13.8 Å². The zero-order chi connectivity index (χ0) is 25.7. The van der Waals surface area contributed by atoms with Crippen LogP contribution in [0, 0.1) is 11.8 Å². The lowest BCUT2D eigenvalue weighted by Crippen LogP contribution is -2.58. The van der Waals surface area contributed by atoms with E-state index in [2.05, 4.69) is 16.0 Å². The Hall–Kier alpha value is -2.73. The fraction of sp³-hybridized carbons (Fsp3) is 0.762. The van der Waals surface area contributed by atoms with Crippen molar-refractivity contribution in [3.63, 3.8) is 0 Å². The average molecular weight is 474 g/mol. The summed E-state index contributed by atoms with van der Waals surface area (Å²) in [4.78, 5) is 60.3. The topological polar surface area (TPSA) is 214 Å². The summed E-state index contributed by atoms with van der Waals surface area (Å²) < 4.78 is 0. The minimum atomic E-state index is -1.34. The molecular formula is C21H39N5O7. The molecule has 0 radical (unpaired) electrons. The molecule has 4 atom stereocenters. The summed E-state index contributed by atoms with van der Waals surface area (Å²) in [7, 11) is 0. The smallest absolute Gasteiger partial charge is 0.326 e. The molecule has 9 N–H and O–H groups in total. The maximum absolute atomic E-state index is 13.0. The third kappa shape index (κ3) is 12.2. The Balaban J connectivity index is 5.51. The number of carboxylic acid groups (broad SMARTS) is 2. The summed E-state index contributed by atoms with van der Waals surface area (Å²) >= 11 is 0. The van der Waals surface area contributed by atoms with E-state index in [9.17, 15) is 29.1 Å². The van der Waals surface area contributed by atoms with E-state index < -0.39 is 60.2 Å². The Labute approximate surface area is 194 Å². The first kappa shape index (κ1) is 30.3. The molecule has 12 nitrogen and oxygen atoms in total. The number of hydrogen-bond donors (Lipinski definition) is 7. The summed E-state index contributed by atoms with van der Waals surface area (Å²) in [6.45, 7) is 7.37. The van der Waals surface area contributed by atoms with Gasteiger partial charge in [0, 0.05) is 0 Å². The fourth-order valence-corrected chi connectivity index (χ4v) is 3.06. The molecule has 0 aromatic heterocycles. The molecule has 3 amide bonds. The fourth-order valence-electron chi connectivity index (χ4n) is 3.06. The van der Waals surface area contributed by atoms with Crippen LogP contribution < -0.4 is 27.4 Å². The van der Waals surface area contributed by atoms with Crippen molar-refractivity contribution < 1.29 is 34.2 Å². The van der Waals surface area contributed by atoms with Gasteiger partial charge in [0.25, 0.3) is 0 Å². The first-order valence-corrected chi connectivity index (χ1v) is 11.1. The third-order valence-corrected chi connectivity index (χ3v) is 4.88. The summed E-state index contributed by atoms with van der Waals surface area (Å²) in [6, 6.07) is -4.56. The van der Waals surface area contributed by atoms with E-state index in [0.29, 0.717) is 19.4 Å². The number of carbonyl (C=O) groups excluding carboxylic acids is 3. The highest BCUT2D eigenvalue weighted by Gasteiger charge is 2.31. The lowest BCUT2D eigenvalue weighted by atomic mass is 9.99. The van der Waals surface area contributed by atoms with Gasteiger partial charge in [-0.15, -0.1) is 0 Å². The van der Waals surface area contributed by atoms with Crippen molar-refractivity contribution in [3.05, 3.63) is 0 Å². The van der Waals surface area contributed by atoms with Gasteiger partial charge in [0.05, 0.1) is 12.5 Å². The first-order valence-electron chi connectivity index (χ1n) is 11.1. The number of nitrogens with two attached hydrogens (primary N) is 2. The summed E-state index contributed by atoms with van der Waals surface area (Å²) in [5.74, 6) is -4.92. The summed E-state index contributed by atoms with van der Waals surface area (Å²) in [5.41, 5.74) is 11.1. The van der Waals surface area contributed by atoms with Gasteiger partial charge in [-0.05, 0) is 44.1 Å². The van der Waals surface area contributed by atoms with Crippen molar-refractivity contribution in [2.75, 3.05) is 6.54 Å². The van der Waals surface area contributed by atoms with Crippen LogP contribution in [0.2, 0.25) is 0 Å². The molecule has 0 aliphatic heterocycles. The van der Waals surface area contributed by atoms with Gasteiger partial charge in [-0.1, -0.05) is 27.7 Å². The van der Waals surface area contributed by atoms with Crippen LogP contribution in [-0.4, -0.2) is 70.6 Å². The lowest BCUT2D eigenvalue weighted by molar-refractivity contribution is -0.143. The van der Waals surface area contributed by atoms with Crippen molar-refractivity contribution in [2.24, 2.45) is 23.3 Å². The van der Waals surface area contributed by atoms with Crippen LogP contribution in [0.4, 0.5) is 0 Å². The highest BCUT2D eigenvalue weighted by atomic mass is 16.4. The van der Waals surface area contributed by atoms with Gasteiger partial charge < -0.3 is 37.6 Å². The van der Waals surface area contributed by atoms with Gasteiger partial charge in [-0.2, -0.15) is 0 Å². The second kappa shape index (κ2) is 15.2. The van der Waals surface area contributed by atoms with Gasteiger partial charge in [0.1, 0.15) is 18.1 Å². The zero-order valence-electron chi connectivity index (χ0n) is 19.8. The normalized spacial score (nSPS) is 14.8. The Morgan fingerprint density at radius 1 is 0.818 bits per heavy atom. The number of aliphatic carboxylic acids is 2. The average Bonchev–Trinajstić information content (AvgIpc) is 2.68. The number of nitrogens with one attached hydrogen (secondary N) is 3. The summed E-state index contributed by atoms with van der Waals surface area (Å²) in [6.07, 6.45) is 0.926. The highest BCUT2D eigenvalue weighted by molar-refractivity contribution is 5.94. The standard InChI is InChI=1S/C21H39N5O7/c1-11(2)9-15(20(31)26-17(12(3)4)21(32)33)25-19(30)14(7-5-6-8-22)24-18(29)13(23)10-16(27)28/h11-15,17H,5-10,22-23H2,1-4H3,(H,24,29)(H,25,30)(H,26,31)(H,27,28)(H,32,33). The highest BCUT2D eigenvalue weighted by Crippen LogP contribution is 2.10. The van der Waals surface area contributed by atoms with Crippen LogP contribution in [0.15, 0.2) is 0 Å². The molecule has 0 rings (SSSR count). The number of rotatable bonds is 16. The number of amides is 3. The molecule has 12 heteroatoms. The molecule has 0 aliphatic rings. The van der Waals surface area contributed by atoms with Crippen LogP contribution >= 0.6 is 0 Å². The Bertz CT molecular complexity index is 684. The molecule has 0 bridgehead atoms. The molecule has 33 heavy (non-hydrogen) atoms. The number of carbonyl (C=O) groups is 5. The Kier molecular flexibility index (Phi) is 13.9. The zero-order valence-corrected chi connectivity index (χ0v) is 19.8. The van der Waals surface area contributed by atoms with E-state index in [1.54, 1.807) is 13.8 Å². The first-order chi connectivity index (χ1) is 15.3. The van der Waals surface area contributed by atoms with Gasteiger partial charge in [-0.25, -0.2) is 4.79 Å². The van der Waals surface area contributed by atoms with Crippen LogP contribution in [0.1, 0.15) is 59.8 Å². The van der Waals surface area contributed by atoms with Crippen LogP contribution in [-0.2, 0) is 24.0 Å². The van der Waals surface area contributed by atoms with Crippen LogP contribution in [0.3, 0.4) is 0 Å². The minimum Gasteiger partial charge on any atom is -0.481 e. The molecule has 0 saturated carbocycles. The molecular weight excluding hydrogens is 434 g/mol. The number of hydrogen-bond acceptors (Lipinski definition) is 7. The number of carboxylic acids is 2. The van der Waals surface area contributed by atoms with E-state index in [0.717, 1.165) is 0 Å². The molecule has 0 aromatic rings. The number of unbranched alkanes of at least 4 members (excludes halogenated alkanes) is 1. The lowest BCUT2D eigenvalue weighted by Gasteiger charge is -2.26. The quantitative estimate of drug-likeness (QED) is 0.139. The second-order valence-electron chi connectivity index (χ2n) is 8.81. The Morgan fingerprint density at radius 2 is 1.36 bits per heavy atom. The predicted octanol–water partition coefficient (Wildman–Crippen LogP) is -0.841. The predicted molar refractivity (Wildman–Crippen MR) is 121 cm³/mol. The van der Waals surface area contributed by atoms with Gasteiger partial charge in [-0.3, -0.25) is 19.2 Å². The van der Waals surface area contributed by atoms with E-state index in [1.165, 1.54) is 0 Å². The van der Waals surface area contributed by atoms with Gasteiger partial charge in [0.15, 0.2) is 0 Å². The molecule has 0 aliphatic carbocycles. The van der Waals surface area contributed by atoms with E-state index in [-0.39, 0.29) is 24.7 Å². The third-order valence-electron chi connectivity index (χ3n) is 4.88. The largest absolute Gasteiger partial charge is 0.481 e. The minimum absolute atomic E-state index is 0.00218. The maximum Gasteiger partial charge on any atom is 0.326 e. The maximum atomic E-state index is 13.0. The SMILES string of the molecule is CC(C)CC(NC(=O)C(CCCCN)NC(=O)C(N)CC(=O)O)C(=O)NC(C(=O)O)C(C)C. The molecule has 0 aromatic carbocycles. The van der Waals surface area contributed by atoms with Crippen molar-refractivity contribution in [3.8, 4) is 0 Å². The molecule has 0 saturated heterocycles. The van der Waals surface area contributed by atoms with Crippen LogP contribution in [0.5, 0.6) is 0 Å². The van der Waals surface area contributed by atoms with Crippen LogP contribution in [0.25, 0.3) is 0 Å². The van der Waals surface area contributed by atoms with Crippen molar-refractivity contribution in [2.45, 2.75) is 84.0 Å². The van der Waals surface area contributed by atoms with E-state index >= 15 is 0 Å². The molecule has 4 unspecified atom stereocenters. The molecule has 0 heterocycles. The second-order valence-corrected chi connectivity index (χ2v) is 8.81. The molecule has 190 valence electrons. The molecule has 0 fully saturated rings. The van der Waals surface area contributed by atoms with E-state index in [4.69, 9.17) is 16.6 Å². The van der Waals surface area contributed by atoms with Crippen molar-refractivity contribution in [1.29, 1.82) is 0 Å². The molecule has 0 spiro atoms. The van der Waals surface area contributed by atoms with Gasteiger partial charge >= 0.3 is 11.9 Å².